The maximum atomic E-state index is 11.8. The fourth-order valence-electron chi connectivity index (χ4n) is 0.824. The lowest BCUT2D eigenvalue weighted by Gasteiger charge is -2.11. The largest absolute Gasteiger partial charge is 0.573 e. The number of ether oxygens (including phenoxy) is 1. The second kappa shape index (κ2) is 3.24. The molecule has 0 fully saturated rings. The Kier molecular flexibility index (Phi) is 2.41. The molecule has 1 aromatic heterocycles. The Morgan fingerprint density at radius 2 is 1.86 bits per heavy atom. The zero-order valence-electron chi connectivity index (χ0n) is 7.22. The molecule has 7 heteroatoms. The summed E-state index contributed by atoms with van der Waals surface area (Å²) in [5, 5.41) is 0. The highest BCUT2D eigenvalue weighted by molar-refractivity contribution is 5.55. The lowest BCUT2D eigenvalue weighted by atomic mass is 10.3. The van der Waals surface area contributed by atoms with Crippen molar-refractivity contribution in [3.05, 3.63) is 11.6 Å². The van der Waals surface area contributed by atoms with Crippen LogP contribution in [0.1, 0.15) is 5.56 Å². The fraction of sp³-hybridized carbons (Fsp3) is 0.286. The van der Waals surface area contributed by atoms with Crippen LogP contribution in [0.15, 0.2) is 6.07 Å². The Morgan fingerprint density at radius 3 is 2.36 bits per heavy atom. The van der Waals surface area contributed by atoms with Gasteiger partial charge in [-0.3, -0.25) is 0 Å². The van der Waals surface area contributed by atoms with E-state index in [0.29, 0.717) is 5.56 Å². The third-order valence-electron chi connectivity index (χ3n) is 1.47. The highest BCUT2D eigenvalue weighted by Gasteiger charge is 2.32. The summed E-state index contributed by atoms with van der Waals surface area (Å²) in [6, 6.07) is 1.09. The summed E-state index contributed by atoms with van der Waals surface area (Å²) < 4.78 is 39.1. The molecule has 0 aliphatic carbocycles. The van der Waals surface area contributed by atoms with Crippen molar-refractivity contribution in [3.8, 4) is 5.75 Å². The topological polar surface area (TPSA) is 74.2 Å². The van der Waals surface area contributed by atoms with Crippen molar-refractivity contribution in [1.29, 1.82) is 0 Å². The Bertz CT molecular complexity index is 351. The highest BCUT2D eigenvalue weighted by Crippen LogP contribution is 2.29. The summed E-state index contributed by atoms with van der Waals surface area (Å²) in [7, 11) is 0. The lowest BCUT2D eigenvalue weighted by Crippen LogP contribution is -2.18. The standard InChI is InChI=1S/C7H8F3N3O/c1-3-2-4(14-7(8,9)10)6(12)13-5(3)11/h2H,1H3,(H4,11,12,13). The van der Waals surface area contributed by atoms with Gasteiger partial charge in [0.1, 0.15) is 5.82 Å². The number of aromatic nitrogens is 1. The van der Waals surface area contributed by atoms with Crippen LogP contribution in [0.2, 0.25) is 0 Å². The zero-order valence-corrected chi connectivity index (χ0v) is 7.22. The third-order valence-corrected chi connectivity index (χ3v) is 1.47. The number of nitrogens with zero attached hydrogens (tertiary/aromatic N) is 1. The van der Waals surface area contributed by atoms with Crippen LogP contribution in [0, 0.1) is 6.92 Å². The van der Waals surface area contributed by atoms with Gasteiger partial charge >= 0.3 is 6.36 Å². The minimum absolute atomic E-state index is 0.0806. The molecule has 0 aromatic carbocycles. The molecule has 0 bridgehead atoms. The minimum Gasteiger partial charge on any atom is -0.402 e. The van der Waals surface area contributed by atoms with Gasteiger partial charge in [-0.25, -0.2) is 4.98 Å². The van der Waals surface area contributed by atoms with Crippen molar-refractivity contribution in [2.24, 2.45) is 0 Å². The molecule has 0 aliphatic heterocycles. The van der Waals surface area contributed by atoms with Crippen molar-refractivity contribution in [3.63, 3.8) is 0 Å². The quantitative estimate of drug-likeness (QED) is 0.730. The van der Waals surface area contributed by atoms with Crippen molar-refractivity contribution in [2.75, 3.05) is 11.5 Å². The van der Waals surface area contributed by atoms with E-state index in [0.717, 1.165) is 6.07 Å². The predicted octanol–water partition coefficient (Wildman–Crippen LogP) is 1.45. The average molecular weight is 207 g/mol. The molecule has 0 saturated heterocycles. The number of rotatable bonds is 1. The normalized spacial score (nSPS) is 11.4. The predicted molar refractivity (Wildman–Crippen MR) is 44.5 cm³/mol. The first-order chi connectivity index (χ1) is 6.29. The molecule has 0 saturated carbocycles. The van der Waals surface area contributed by atoms with Crippen LogP contribution in [-0.2, 0) is 0 Å². The van der Waals surface area contributed by atoms with Gasteiger partial charge in [0, 0.05) is 0 Å². The van der Waals surface area contributed by atoms with Crippen molar-refractivity contribution >= 4 is 11.6 Å². The number of alkyl halides is 3. The lowest BCUT2D eigenvalue weighted by molar-refractivity contribution is -0.274. The third kappa shape index (κ3) is 2.41. The molecular formula is C7H8F3N3O. The van der Waals surface area contributed by atoms with E-state index in [1.54, 1.807) is 0 Å². The Hall–Kier alpha value is -1.66. The molecule has 78 valence electrons. The van der Waals surface area contributed by atoms with Crippen molar-refractivity contribution in [1.82, 2.24) is 4.98 Å². The van der Waals surface area contributed by atoms with Gasteiger partial charge in [0.15, 0.2) is 11.6 Å². The van der Waals surface area contributed by atoms with Crippen LogP contribution >= 0.6 is 0 Å². The van der Waals surface area contributed by atoms with Crippen LogP contribution < -0.4 is 16.2 Å². The molecular weight excluding hydrogens is 199 g/mol. The monoisotopic (exact) mass is 207 g/mol. The smallest absolute Gasteiger partial charge is 0.402 e. The van der Waals surface area contributed by atoms with Gasteiger partial charge in [0.2, 0.25) is 0 Å². The Labute approximate surface area is 77.7 Å². The number of anilines is 2. The van der Waals surface area contributed by atoms with Crippen LogP contribution in [0.5, 0.6) is 5.75 Å². The van der Waals surface area contributed by atoms with Crippen LogP contribution in [0.3, 0.4) is 0 Å². The molecule has 0 amide bonds. The second-order valence-corrected chi connectivity index (χ2v) is 2.62. The number of hydrogen-bond acceptors (Lipinski definition) is 4. The van der Waals surface area contributed by atoms with E-state index in [2.05, 4.69) is 9.72 Å². The first kappa shape index (κ1) is 10.4. The SMILES string of the molecule is Cc1cc(OC(F)(F)F)c(N)nc1N. The van der Waals surface area contributed by atoms with Gasteiger partial charge < -0.3 is 16.2 Å². The van der Waals surface area contributed by atoms with E-state index in [-0.39, 0.29) is 11.6 Å². The number of halogens is 3. The van der Waals surface area contributed by atoms with Gasteiger partial charge in [-0.05, 0) is 18.6 Å². The Morgan fingerprint density at radius 1 is 1.29 bits per heavy atom. The van der Waals surface area contributed by atoms with Crippen LogP contribution in [0.25, 0.3) is 0 Å². The molecule has 0 atom stereocenters. The first-order valence-electron chi connectivity index (χ1n) is 3.58. The minimum atomic E-state index is -4.78. The summed E-state index contributed by atoms with van der Waals surface area (Å²) in [6.45, 7) is 1.50. The van der Waals surface area contributed by atoms with Gasteiger partial charge in [0.05, 0.1) is 0 Å². The van der Waals surface area contributed by atoms with Crippen LogP contribution in [0.4, 0.5) is 24.8 Å². The van der Waals surface area contributed by atoms with E-state index in [9.17, 15) is 13.2 Å². The second-order valence-electron chi connectivity index (χ2n) is 2.62. The maximum Gasteiger partial charge on any atom is 0.573 e. The van der Waals surface area contributed by atoms with Gasteiger partial charge in [0.25, 0.3) is 0 Å². The van der Waals surface area contributed by atoms with E-state index in [4.69, 9.17) is 11.5 Å². The van der Waals surface area contributed by atoms with E-state index in [1.807, 2.05) is 0 Å². The molecule has 0 aliphatic rings. The van der Waals surface area contributed by atoms with Gasteiger partial charge in [-0.15, -0.1) is 13.2 Å². The molecule has 4 nitrogen and oxygen atoms in total. The highest BCUT2D eigenvalue weighted by atomic mass is 19.4. The molecule has 0 unspecified atom stereocenters. The van der Waals surface area contributed by atoms with Gasteiger partial charge in [-0.1, -0.05) is 0 Å². The molecule has 1 rings (SSSR count). The fourth-order valence-corrected chi connectivity index (χ4v) is 0.824. The van der Waals surface area contributed by atoms with E-state index >= 15 is 0 Å². The first-order valence-corrected chi connectivity index (χ1v) is 3.58. The summed E-state index contributed by atoms with van der Waals surface area (Å²) in [5.41, 5.74) is 10.9. The van der Waals surface area contributed by atoms with Gasteiger partial charge in [-0.2, -0.15) is 0 Å². The number of nitrogens with two attached hydrogens (primary N) is 2. The number of nitrogen functional groups attached to an aromatic ring is 2. The molecule has 1 heterocycles. The van der Waals surface area contributed by atoms with E-state index < -0.39 is 12.1 Å². The summed E-state index contributed by atoms with van der Waals surface area (Å²) in [4.78, 5) is 3.49. The molecule has 4 N–H and O–H groups in total. The summed E-state index contributed by atoms with van der Waals surface area (Å²) >= 11 is 0. The van der Waals surface area contributed by atoms with Crippen molar-refractivity contribution in [2.45, 2.75) is 13.3 Å². The number of aryl methyl sites for hydroxylation is 1. The number of pyridine rings is 1. The Balaban J connectivity index is 3.04. The molecule has 0 spiro atoms. The van der Waals surface area contributed by atoms with E-state index in [1.165, 1.54) is 6.92 Å². The average Bonchev–Trinajstić information content (AvgIpc) is 1.97. The molecule has 1 aromatic rings. The van der Waals surface area contributed by atoms with Crippen LogP contribution in [-0.4, -0.2) is 11.3 Å². The van der Waals surface area contributed by atoms with Crippen molar-refractivity contribution < 1.29 is 17.9 Å². The zero-order chi connectivity index (χ0) is 10.9. The molecule has 0 radical (unpaired) electrons. The maximum absolute atomic E-state index is 11.8. The number of hydrogen-bond donors (Lipinski definition) is 2. The summed E-state index contributed by atoms with van der Waals surface area (Å²) in [6.07, 6.45) is -4.78. The summed E-state index contributed by atoms with van der Waals surface area (Å²) in [5.74, 6) is -0.841. The molecule has 14 heavy (non-hydrogen) atoms.